The molecule has 4 amide bonds. The minimum atomic E-state index is -1.06. The van der Waals surface area contributed by atoms with E-state index in [2.05, 4.69) is 17.2 Å². The number of aromatic nitrogens is 1. The fourth-order valence-corrected chi connectivity index (χ4v) is 6.88. The summed E-state index contributed by atoms with van der Waals surface area (Å²) in [5, 5.41) is 13.2. The van der Waals surface area contributed by atoms with Crippen LogP contribution in [-0.2, 0) is 25.6 Å². The summed E-state index contributed by atoms with van der Waals surface area (Å²) in [4.78, 5) is 60.0. The highest BCUT2D eigenvalue weighted by atomic mass is 16.5. The highest BCUT2D eigenvalue weighted by Gasteiger charge is 2.40. The summed E-state index contributed by atoms with van der Waals surface area (Å²) < 4.78 is 0. The lowest BCUT2D eigenvalue weighted by atomic mass is 9.95. The standard InChI is InChI=1S/C37H59N5O5/c1-5-7-8-9-10-11-12-13-14-15-16-23-33(43)42-24-19-22-32(42)37(46)41(4)34(27(3)6-2)36(45)39-31(35(44)40-47)25-28-26-38-30-21-18-17-20-29(28)30/h17-18,20-21,26-27,31-32,34,38,47H,5-16,19,22-25H2,1-4H3,(H,39,45)(H,40,44)/t27?,31-,32?,34-/m0/s1. The molecular weight excluding hydrogens is 594 g/mol. The minimum Gasteiger partial charge on any atom is -0.361 e. The first kappa shape index (κ1) is 38.1. The van der Waals surface area contributed by atoms with Gasteiger partial charge in [0, 0.05) is 43.5 Å². The Balaban J connectivity index is 1.56. The Kier molecular flexibility index (Phi) is 16.3. The molecule has 10 nitrogen and oxygen atoms in total. The highest BCUT2D eigenvalue weighted by Crippen LogP contribution is 2.25. The lowest BCUT2D eigenvalue weighted by Gasteiger charge is -2.36. The van der Waals surface area contributed by atoms with E-state index in [0.29, 0.717) is 25.8 Å². The maximum atomic E-state index is 13.9. The smallest absolute Gasteiger partial charge is 0.266 e. The van der Waals surface area contributed by atoms with E-state index in [9.17, 15) is 24.4 Å². The fraction of sp³-hybridized carbons (Fsp3) is 0.676. The first-order chi connectivity index (χ1) is 22.7. The van der Waals surface area contributed by atoms with Crippen molar-refractivity contribution < 1.29 is 24.4 Å². The third-order valence-corrected chi connectivity index (χ3v) is 9.91. The van der Waals surface area contributed by atoms with Crippen LogP contribution in [0.5, 0.6) is 0 Å². The molecule has 0 radical (unpaired) electrons. The number of nitrogens with one attached hydrogen (secondary N) is 3. The van der Waals surface area contributed by atoms with Crippen molar-refractivity contribution in [3.63, 3.8) is 0 Å². The molecule has 1 fully saturated rings. The maximum absolute atomic E-state index is 13.9. The Labute approximate surface area is 281 Å². The highest BCUT2D eigenvalue weighted by molar-refractivity contribution is 5.95. The first-order valence-corrected chi connectivity index (χ1v) is 18.1. The van der Waals surface area contributed by atoms with Crippen molar-refractivity contribution in [2.75, 3.05) is 13.6 Å². The van der Waals surface area contributed by atoms with Crippen LogP contribution in [-0.4, -0.2) is 75.3 Å². The number of amides is 4. The molecule has 2 unspecified atom stereocenters. The number of likely N-dealkylation sites (tertiary alicyclic amines) is 1. The number of rotatable bonds is 21. The van der Waals surface area contributed by atoms with Gasteiger partial charge in [-0.15, -0.1) is 0 Å². The summed E-state index contributed by atoms with van der Waals surface area (Å²) in [6.45, 7) is 6.64. The normalized spacial score (nSPS) is 16.5. The summed E-state index contributed by atoms with van der Waals surface area (Å²) in [5.74, 6) is -1.67. The maximum Gasteiger partial charge on any atom is 0.266 e. The second-order valence-electron chi connectivity index (χ2n) is 13.4. The number of hydrogen-bond acceptors (Lipinski definition) is 5. The third-order valence-electron chi connectivity index (χ3n) is 9.91. The molecule has 3 rings (SSSR count). The molecule has 0 bridgehead atoms. The zero-order valence-electron chi connectivity index (χ0n) is 29.2. The van der Waals surface area contributed by atoms with Crippen LogP contribution in [0.2, 0.25) is 0 Å². The summed E-state index contributed by atoms with van der Waals surface area (Å²) in [6.07, 6.45) is 17.7. The van der Waals surface area contributed by atoms with E-state index in [1.54, 1.807) is 23.6 Å². The molecule has 1 aromatic heterocycles. The summed E-state index contributed by atoms with van der Waals surface area (Å²) >= 11 is 0. The number of unbranched alkanes of at least 4 members (excludes halogenated alkanes) is 10. The molecule has 47 heavy (non-hydrogen) atoms. The van der Waals surface area contributed by atoms with Crippen molar-refractivity contribution in [3.8, 4) is 0 Å². The number of likely N-dealkylation sites (N-methyl/N-ethyl adjacent to an activating group) is 1. The van der Waals surface area contributed by atoms with E-state index >= 15 is 0 Å². The molecule has 1 aliphatic rings. The van der Waals surface area contributed by atoms with E-state index in [1.807, 2.05) is 38.1 Å². The van der Waals surface area contributed by atoms with Gasteiger partial charge in [-0.2, -0.15) is 0 Å². The van der Waals surface area contributed by atoms with Crippen molar-refractivity contribution in [2.24, 2.45) is 5.92 Å². The molecule has 0 spiro atoms. The largest absolute Gasteiger partial charge is 0.361 e. The van der Waals surface area contributed by atoms with Gasteiger partial charge in [-0.3, -0.25) is 24.4 Å². The fourth-order valence-electron chi connectivity index (χ4n) is 6.88. The van der Waals surface area contributed by atoms with Crippen LogP contribution in [0.25, 0.3) is 10.9 Å². The van der Waals surface area contributed by atoms with Crippen LogP contribution in [0.1, 0.15) is 123 Å². The summed E-state index contributed by atoms with van der Waals surface area (Å²) in [7, 11) is 1.62. The van der Waals surface area contributed by atoms with Crippen molar-refractivity contribution in [3.05, 3.63) is 36.0 Å². The predicted octanol–water partition coefficient (Wildman–Crippen LogP) is 6.27. The molecule has 2 aromatic rings. The van der Waals surface area contributed by atoms with Gasteiger partial charge in [0.05, 0.1) is 0 Å². The van der Waals surface area contributed by atoms with E-state index in [-0.39, 0.29) is 24.2 Å². The number of hydrogen-bond donors (Lipinski definition) is 4. The number of carbonyl (C=O) groups is 4. The number of carbonyl (C=O) groups excluding carboxylic acids is 4. The molecule has 10 heteroatoms. The van der Waals surface area contributed by atoms with Gasteiger partial charge in [0.2, 0.25) is 17.7 Å². The predicted molar refractivity (Wildman–Crippen MR) is 186 cm³/mol. The number of H-pyrrole nitrogens is 1. The Morgan fingerprint density at radius 3 is 2.23 bits per heavy atom. The van der Waals surface area contributed by atoms with Gasteiger partial charge in [-0.05, 0) is 36.8 Å². The Bertz CT molecular complexity index is 1280. The van der Waals surface area contributed by atoms with Crippen molar-refractivity contribution in [2.45, 2.75) is 142 Å². The summed E-state index contributed by atoms with van der Waals surface area (Å²) in [6, 6.07) is 5.15. The second kappa shape index (κ2) is 20.1. The second-order valence-corrected chi connectivity index (χ2v) is 13.4. The number of benzene rings is 1. The molecule has 0 saturated carbocycles. The Hall–Kier alpha value is -3.40. The van der Waals surface area contributed by atoms with Gasteiger partial charge in [0.15, 0.2) is 0 Å². The van der Waals surface area contributed by atoms with Crippen LogP contribution < -0.4 is 10.8 Å². The van der Waals surface area contributed by atoms with Gasteiger partial charge in [-0.25, -0.2) is 5.48 Å². The lowest BCUT2D eigenvalue weighted by molar-refractivity contribution is -0.148. The number of para-hydroxylation sites is 1. The molecule has 1 saturated heterocycles. The first-order valence-electron chi connectivity index (χ1n) is 18.1. The van der Waals surface area contributed by atoms with Gasteiger partial charge in [0.1, 0.15) is 18.1 Å². The van der Waals surface area contributed by atoms with Gasteiger partial charge in [-0.1, -0.05) is 110 Å². The molecule has 4 atom stereocenters. The van der Waals surface area contributed by atoms with Crippen LogP contribution in [0.15, 0.2) is 30.5 Å². The molecule has 1 aromatic carbocycles. The minimum absolute atomic E-state index is 0.00752. The average Bonchev–Trinajstić information content (AvgIpc) is 3.74. The Morgan fingerprint density at radius 2 is 1.60 bits per heavy atom. The number of aromatic amines is 1. The average molecular weight is 654 g/mol. The van der Waals surface area contributed by atoms with Crippen LogP contribution >= 0.6 is 0 Å². The molecule has 4 N–H and O–H groups in total. The SMILES string of the molecule is CCCCCCCCCCCCCC(=O)N1CCCC1C(=O)N(C)[C@H](C(=O)N[C@@H](Cc1c[nH]c2ccccc12)C(=O)NO)C(C)CC. The topological polar surface area (TPSA) is 135 Å². The van der Waals surface area contributed by atoms with Crippen molar-refractivity contribution in [1.29, 1.82) is 0 Å². The van der Waals surface area contributed by atoms with Crippen molar-refractivity contribution >= 4 is 34.5 Å². The van der Waals surface area contributed by atoms with E-state index in [4.69, 9.17) is 0 Å². The van der Waals surface area contributed by atoms with E-state index in [1.165, 1.54) is 56.3 Å². The molecule has 1 aliphatic heterocycles. The van der Waals surface area contributed by atoms with Gasteiger partial charge in [0.25, 0.3) is 5.91 Å². The van der Waals surface area contributed by atoms with Crippen LogP contribution in [0, 0.1) is 5.92 Å². The van der Waals surface area contributed by atoms with Crippen LogP contribution in [0.3, 0.4) is 0 Å². The number of nitrogens with zero attached hydrogens (tertiary/aromatic N) is 2. The number of hydroxylamine groups is 1. The lowest BCUT2D eigenvalue weighted by Crippen LogP contribution is -2.58. The summed E-state index contributed by atoms with van der Waals surface area (Å²) in [5.41, 5.74) is 3.40. The van der Waals surface area contributed by atoms with Gasteiger partial charge >= 0.3 is 0 Å². The van der Waals surface area contributed by atoms with E-state index in [0.717, 1.165) is 42.1 Å². The Morgan fingerprint density at radius 1 is 0.957 bits per heavy atom. The molecule has 2 heterocycles. The third kappa shape index (κ3) is 11.1. The molecule has 0 aliphatic carbocycles. The van der Waals surface area contributed by atoms with Crippen LogP contribution in [0.4, 0.5) is 0 Å². The zero-order chi connectivity index (χ0) is 34.2. The van der Waals surface area contributed by atoms with Crippen molar-refractivity contribution in [1.82, 2.24) is 25.6 Å². The quantitative estimate of drug-likeness (QED) is 0.0716. The molecule has 262 valence electrons. The number of fused-ring (bicyclic) bond motifs is 1. The monoisotopic (exact) mass is 653 g/mol. The van der Waals surface area contributed by atoms with Gasteiger partial charge < -0.3 is 20.1 Å². The van der Waals surface area contributed by atoms with E-state index < -0.39 is 29.9 Å². The molecular formula is C37H59N5O5. The zero-order valence-corrected chi connectivity index (χ0v) is 29.2.